The number of aliphatic hydroxyl groups is 2. The van der Waals surface area contributed by atoms with Crippen LogP contribution in [-0.4, -0.2) is 81.1 Å². The summed E-state index contributed by atoms with van der Waals surface area (Å²) < 4.78 is 0. The summed E-state index contributed by atoms with van der Waals surface area (Å²) in [6.07, 6.45) is -0.0677. The highest BCUT2D eigenvalue weighted by molar-refractivity contribution is 6.33. The normalized spacial score (nSPS) is 33.1. The molecule has 5 N–H and O–H groups in total. The topological polar surface area (TPSA) is 175 Å². The molecule has 3 aliphatic carbocycles. The fourth-order valence-corrected chi connectivity index (χ4v) is 6.61. The number of rotatable bonds is 3. The molecule has 5 rings (SSSR count). The van der Waals surface area contributed by atoms with Crippen LogP contribution in [0.15, 0.2) is 42.5 Å². The van der Waals surface area contributed by atoms with Gasteiger partial charge in [0.15, 0.2) is 34.7 Å². The van der Waals surface area contributed by atoms with Crippen LogP contribution in [0.4, 0.5) is 0 Å². The van der Waals surface area contributed by atoms with Gasteiger partial charge in [0.05, 0.1) is 29.5 Å². The number of likely N-dealkylation sites (N-methyl/N-ethyl adjacent to an activating group) is 1. The lowest BCUT2D eigenvalue weighted by Crippen LogP contribution is -2.77. The lowest BCUT2D eigenvalue weighted by atomic mass is 9.50. The maximum Gasteiger partial charge on any atom is 0.235 e. The van der Waals surface area contributed by atoms with Crippen LogP contribution in [0.3, 0.4) is 0 Å². The number of amides is 1. The SMILES string of the molecule is Cc1cccc(C=C2c3cccc(O)c3C(=O)C3C(=O)[C@]4(O)C(=O)C(C(N)=O)C(=O)[C@@H](N(C)C)[C@@H]4[C@@H](O)[C@H]23)c1. The van der Waals surface area contributed by atoms with Crippen molar-refractivity contribution in [2.45, 2.75) is 24.7 Å². The van der Waals surface area contributed by atoms with Gasteiger partial charge < -0.3 is 21.1 Å². The number of phenols is 1. The highest BCUT2D eigenvalue weighted by Crippen LogP contribution is 2.54. The van der Waals surface area contributed by atoms with Crippen molar-refractivity contribution >= 4 is 40.7 Å². The summed E-state index contributed by atoms with van der Waals surface area (Å²) >= 11 is 0. The zero-order chi connectivity index (χ0) is 28.5. The van der Waals surface area contributed by atoms with Gasteiger partial charge in [-0.05, 0) is 43.8 Å². The van der Waals surface area contributed by atoms with Crippen molar-refractivity contribution in [1.29, 1.82) is 0 Å². The molecule has 0 aliphatic heterocycles. The summed E-state index contributed by atoms with van der Waals surface area (Å²) in [7, 11) is 2.89. The monoisotopic (exact) mass is 532 g/mol. The third-order valence-corrected chi connectivity index (χ3v) is 8.24. The summed E-state index contributed by atoms with van der Waals surface area (Å²) in [6.45, 7) is 1.88. The van der Waals surface area contributed by atoms with Crippen LogP contribution in [0, 0.1) is 30.6 Å². The lowest BCUT2D eigenvalue weighted by molar-refractivity contribution is -0.192. The number of ketones is 4. The zero-order valence-corrected chi connectivity index (χ0v) is 21.5. The number of aryl methyl sites for hydroxylation is 1. The third kappa shape index (κ3) is 3.63. The van der Waals surface area contributed by atoms with Gasteiger partial charge in [-0.1, -0.05) is 48.0 Å². The van der Waals surface area contributed by atoms with E-state index in [2.05, 4.69) is 0 Å². The number of primary amides is 1. The smallest absolute Gasteiger partial charge is 0.235 e. The van der Waals surface area contributed by atoms with Crippen LogP contribution in [0.1, 0.15) is 27.0 Å². The van der Waals surface area contributed by atoms with Crippen molar-refractivity contribution in [1.82, 2.24) is 4.90 Å². The lowest BCUT2D eigenvalue weighted by Gasteiger charge is -2.55. The van der Waals surface area contributed by atoms with Gasteiger partial charge in [0.1, 0.15) is 5.75 Å². The fourth-order valence-electron chi connectivity index (χ4n) is 6.61. The van der Waals surface area contributed by atoms with Crippen LogP contribution in [0.2, 0.25) is 0 Å². The molecule has 0 saturated heterocycles. The van der Waals surface area contributed by atoms with E-state index in [4.69, 9.17) is 5.73 Å². The molecule has 0 spiro atoms. The Morgan fingerprint density at radius 1 is 1.05 bits per heavy atom. The largest absolute Gasteiger partial charge is 0.507 e. The molecule has 2 saturated carbocycles. The van der Waals surface area contributed by atoms with E-state index in [-0.39, 0.29) is 11.1 Å². The number of Topliss-reactive ketones (excluding diaryl/α,β-unsaturated/α-hetero) is 4. The average Bonchev–Trinajstić information content (AvgIpc) is 2.85. The number of hydrogen-bond donors (Lipinski definition) is 4. The van der Waals surface area contributed by atoms with Gasteiger partial charge >= 0.3 is 0 Å². The molecule has 2 fully saturated rings. The van der Waals surface area contributed by atoms with Crippen molar-refractivity contribution in [3.05, 3.63) is 64.7 Å². The molecule has 3 aliphatic rings. The van der Waals surface area contributed by atoms with Gasteiger partial charge in [0, 0.05) is 5.92 Å². The predicted molar refractivity (Wildman–Crippen MR) is 138 cm³/mol. The van der Waals surface area contributed by atoms with Gasteiger partial charge in [-0.2, -0.15) is 0 Å². The Morgan fingerprint density at radius 2 is 1.72 bits per heavy atom. The maximum absolute atomic E-state index is 14.1. The first-order valence-electron chi connectivity index (χ1n) is 12.5. The second-order valence-electron chi connectivity index (χ2n) is 10.7. The Morgan fingerprint density at radius 3 is 2.33 bits per heavy atom. The van der Waals surface area contributed by atoms with E-state index >= 15 is 0 Å². The number of nitrogens with two attached hydrogens (primary N) is 1. The molecule has 2 aromatic carbocycles. The fraction of sp³-hybridized carbons (Fsp3) is 0.345. The molecular formula is C29H28N2O8. The minimum atomic E-state index is -3.05. The Hall–Kier alpha value is -3.99. The number of benzene rings is 2. The highest BCUT2D eigenvalue weighted by Gasteiger charge is 2.72. The van der Waals surface area contributed by atoms with Crippen molar-refractivity contribution < 1.29 is 39.3 Å². The van der Waals surface area contributed by atoms with Gasteiger partial charge in [0.2, 0.25) is 5.91 Å². The number of phenolic OH excluding ortho intramolecular Hbond substituents is 1. The molecule has 0 heterocycles. The Bertz CT molecular complexity index is 1490. The first-order chi connectivity index (χ1) is 18.3. The molecule has 0 radical (unpaired) electrons. The van der Waals surface area contributed by atoms with E-state index in [1.165, 1.54) is 31.1 Å². The van der Waals surface area contributed by atoms with Gasteiger partial charge in [-0.3, -0.25) is 28.9 Å². The summed E-state index contributed by atoms with van der Waals surface area (Å²) in [5.74, 6) is -13.1. The van der Waals surface area contributed by atoms with Crippen molar-refractivity contribution in [3.8, 4) is 5.75 Å². The number of aliphatic hydroxyl groups excluding tert-OH is 1. The number of fused-ring (bicyclic) bond motifs is 3. The van der Waals surface area contributed by atoms with Gasteiger partial charge in [-0.25, -0.2) is 0 Å². The molecule has 10 heteroatoms. The number of carbonyl (C=O) groups excluding carboxylic acids is 5. The van der Waals surface area contributed by atoms with Crippen LogP contribution in [0.5, 0.6) is 5.75 Å². The number of nitrogens with zero attached hydrogens (tertiary/aromatic N) is 1. The summed E-state index contributed by atoms with van der Waals surface area (Å²) in [4.78, 5) is 68.2. The Kier molecular flexibility index (Phi) is 6.17. The second-order valence-corrected chi connectivity index (χ2v) is 10.7. The minimum absolute atomic E-state index is 0.185. The maximum atomic E-state index is 14.1. The van der Waals surface area contributed by atoms with Crippen molar-refractivity contribution in [3.63, 3.8) is 0 Å². The molecule has 39 heavy (non-hydrogen) atoms. The quantitative estimate of drug-likeness (QED) is 0.401. The van der Waals surface area contributed by atoms with Crippen LogP contribution in [-0.2, 0) is 19.2 Å². The molecule has 0 aromatic heterocycles. The van der Waals surface area contributed by atoms with Crippen molar-refractivity contribution in [2.75, 3.05) is 14.1 Å². The first-order valence-corrected chi connectivity index (χ1v) is 12.5. The van der Waals surface area contributed by atoms with E-state index < -0.39 is 76.2 Å². The minimum Gasteiger partial charge on any atom is -0.507 e. The Balaban J connectivity index is 1.80. The second kappa shape index (κ2) is 9.04. The average molecular weight is 533 g/mol. The summed E-state index contributed by atoms with van der Waals surface area (Å²) in [6, 6.07) is 10.3. The Labute approximate surface area is 223 Å². The van der Waals surface area contributed by atoms with E-state index in [1.807, 2.05) is 25.1 Å². The molecule has 0 bridgehead atoms. The molecule has 2 aromatic rings. The van der Waals surface area contributed by atoms with Crippen molar-refractivity contribution in [2.24, 2.45) is 29.4 Å². The van der Waals surface area contributed by atoms with E-state index in [0.717, 1.165) is 5.56 Å². The summed E-state index contributed by atoms with van der Waals surface area (Å²) in [5, 5.41) is 34.3. The van der Waals surface area contributed by atoms with Crippen LogP contribution < -0.4 is 5.73 Å². The van der Waals surface area contributed by atoms with E-state index in [1.54, 1.807) is 18.2 Å². The molecule has 1 amide bonds. The zero-order valence-electron chi connectivity index (χ0n) is 21.5. The first kappa shape index (κ1) is 26.6. The van der Waals surface area contributed by atoms with Gasteiger partial charge in [0.25, 0.3) is 0 Å². The number of hydrogen-bond acceptors (Lipinski definition) is 9. The molecular weight excluding hydrogens is 504 g/mol. The molecule has 10 nitrogen and oxygen atoms in total. The third-order valence-electron chi connectivity index (χ3n) is 8.24. The van der Waals surface area contributed by atoms with E-state index in [9.17, 15) is 39.3 Å². The summed E-state index contributed by atoms with van der Waals surface area (Å²) in [5.41, 5.74) is 4.32. The van der Waals surface area contributed by atoms with Crippen LogP contribution >= 0.6 is 0 Å². The van der Waals surface area contributed by atoms with Gasteiger partial charge in [-0.15, -0.1) is 0 Å². The molecule has 202 valence electrons. The highest BCUT2D eigenvalue weighted by atomic mass is 16.3. The van der Waals surface area contributed by atoms with Crippen LogP contribution in [0.25, 0.3) is 11.6 Å². The number of carbonyl (C=O) groups is 5. The molecule has 7 atom stereocenters. The standard InChI is InChI=1S/C29H28N2O8/c1-12-6-4-7-13(10-12)11-15-14-8-5-9-16(32)17(14)23(33)19-18(15)24(34)21-22(31(2)3)25(35)20(28(30)38)27(37)29(21,39)26(19)36/h4-11,18-22,24,32,34,39H,1-3H3,(H2,30,38)/t18-,19?,20?,21-,22+,24+,29+/m1/s1. The van der Waals surface area contributed by atoms with E-state index in [0.29, 0.717) is 11.1 Å². The number of aromatic hydroxyl groups is 1. The predicted octanol–water partition coefficient (Wildman–Crippen LogP) is 0.144. The molecule has 2 unspecified atom stereocenters.